The van der Waals surface area contributed by atoms with Gasteiger partial charge in [-0.05, 0) is 6.42 Å². The van der Waals surface area contributed by atoms with Crippen LogP contribution in [0.1, 0.15) is 13.3 Å². The van der Waals surface area contributed by atoms with Crippen molar-refractivity contribution in [2.75, 3.05) is 21.3 Å². The minimum absolute atomic E-state index is 0.339. The number of hydrogen-bond acceptors (Lipinski definition) is 5. The fourth-order valence-corrected chi connectivity index (χ4v) is 4.47. The number of amides is 2. The highest BCUT2D eigenvalue weighted by atomic mass is 28.4. The highest BCUT2D eigenvalue weighted by Gasteiger charge is 2.50. The van der Waals surface area contributed by atoms with Crippen LogP contribution in [0.15, 0.2) is 11.6 Å². The van der Waals surface area contributed by atoms with Gasteiger partial charge in [0.25, 0.3) is 11.8 Å². The number of nitrogens with one attached hydrogen (secondary N) is 1. The summed E-state index contributed by atoms with van der Waals surface area (Å²) in [5.74, 6) is -0.806. The van der Waals surface area contributed by atoms with Gasteiger partial charge in [0.05, 0.1) is 5.54 Å². The van der Waals surface area contributed by atoms with E-state index in [9.17, 15) is 9.59 Å². The van der Waals surface area contributed by atoms with Gasteiger partial charge >= 0.3 is 8.80 Å². The maximum atomic E-state index is 11.6. The summed E-state index contributed by atoms with van der Waals surface area (Å²) in [4.78, 5) is 22.8. The van der Waals surface area contributed by atoms with E-state index in [1.54, 1.807) is 0 Å². The maximum Gasteiger partial charge on any atom is 0.508 e. The molecule has 0 aromatic carbocycles. The Morgan fingerprint density at radius 3 is 2.06 bits per heavy atom. The minimum Gasteiger partial charge on any atom is -0.376 e. The van der Waals surface area contributed by atoms with E-state index in [0.29, 0.717) is 12.0 Å². The van der Waals surface area contributed by atoms with Crippen LogP contribution in [-0.2, 0) is 22.9 Å². The molecule has 1 aliphatic rings. The van der Waals surface area contributed by atoms with E-state index in [-0.39, 0.29) is 5.54 Å². The lowest BCUT2D eigenvalue weighted by Crippen LogP contribution is -2.49. The fourth-order valence-electron chi connectivity index (χ4n) is 2.02. The van der Waals surface area contributed by atoms with E-state index in [1.807, 2.05) is 6.92 Å². The van der Waals surface area contributed by atoms with Crippen molar-refractivity contribution in [3.8, 4) is 0 Å². The molecular formula is C10H17NO5Si. The van der Waals surface area contributed by atoms with Gasteiger partial charge in [-0.15, -0.1) is 0 Å². The Labute approximate surface area is 101 Å². The summed E-state index contributed by atoms with van der Waals surface area (Å²) in [5, 5.41) is 2.21. The molecule has 0 saturated heterocycles. The lowest BCUT2D eigenvalue weighted by atomic mass is 10.1. The predicted molar refractivity (Wildman–Crippen MR) is 62.1 cm³/mol. The summed E-state index contributed by atoms with van der Waals surface area (Å²) in [6.45, 7) is 1.89. The lowest BCUT2D eigenvalue weighted by Gasteiger charge is -2.31. The molecule has 1 unspecified atom stereocenters. The quantitative estimate of drug-likeness (QED) is 0.546. The molecule has 6 nitrogen and oxygen atoms in total. The Morgan fingerprint density at radius 1 is 1.24 bits per heavy atom. The Balaban J connectivity index is 3.10. The van der Waals surface area contributed by atoms with Crippen LogP contribution < -0.4 is 5.32 Å². The summed E-state index contributed by atoms with van der Waals surface area (Å²) < 4.78 is 16.0. The number of hydrogen-bond donors (Lipinski definition) is 1. The second kappa shape index (κ2) is 5.54. The van der Waals surface area contributed by atoms with Crippen molar-refractivity contribution in [3.05, 3.63) is 11.6 Å². The van der Waals surface area contributed by atoms with Gasteiger partial charge in [-0.1, -0.05) is 6.92 Å². The molecule has 1 atom stereocenters. The largest absolute Gasteiger partial charge is 0.508 e. The topological polar surface area (TPSA) is 73.9 Å². The summed E-state index contributed by atoms with van der Waals surface area (Å²) in [6.07, 6.45) is 1.88. The highest BCUT2D eigenvalue weighted by Crippen LogP contribution is 2.35. The van der Waals surface area contributed by atoms with Crippen molar-refractivity contribution < 1.29 is 22.9 Å². The first-order valence-electron chi connectivity index (χ1n) is 5.27. The molecule has 1 heterocycles. The van der Waals surface area contributed by atoms with Gasteiger partial charge in [0.1, 0.15) is 0 Å². The summed E-state index contributed by atoms with van der Waals surface area (Å²) >= 11 is 0. The molecule has 7 heteroatoms. The molecule has 1 N–H and O–H groups in total. The first-order valence-corrected chi connectivity index (χ1v) is 7.07. The zero-order chi connectivity index (χ0) is 13.1. The van der Waals surface area contributed by atoms with Crippen molar-refractivity contribution in [1.29, 1.82) is 0 Å². The van der Waals surface area contributed by atoms with Gasteiger partial charge in [-0.25, -0.2) is 0 Å². The molecule has 0 radical (unpaired) electrons. The van der Waals surface area contributed by atoms with E-state index in [4.69, 9.17) is 13.3 Å². The van der Waals surface area contributed by atoms with E-state index < -0.39 is 20.6 Å². The van der Waals surface area contributed by atoms with Crippen molar-refractivity contribution in [1.82, 2.24) is 5.32 Å². The number of carbonyl (C=O) groups is 2. The SMILES string of the molecule is CCC(C1=CC(=O)NC1=O)[Si](OC)(OC)OC. The third-order valence-electron chi connectivity index (χ3n) is 2.85. The van der Waals surface area contributed by atoms with E-state index in [1.165, 1.54) is 27.4 Å². The van der Waals surface area contributed by atoms with Crippen LogP contribution in [0.2, 0.25) is 5.54 Å². The van der Waals surface area contributed by atoms with Gasteiger partial charge in [0, 0.05) is 33.0 Å². The molecule has 0 aromatic heterocycles. The zero-order valence-electron chi connectivity index (χ0n) is 10.4. The molecule has 0 bridgehead atoms. The molecule has 0 aromatic rings. The van der Waals surface area contributed by atoms with Crippen LogP contribution in [0.5, 0.6) is 0 Å². The first kappa shape index (κ1) is 14.0. The van der Waals surface area contributed by atoms with Crippen molar-refractivity contribution in [3.63, 3.8) is 0 Å². The van der Waals surface area contributed by atoms with Crippen LogP contribution in [0.3, 0.4) is 0 Å². The Kier molecular flexibility index (Phi) is 4.58. The van der Waals surface area contributed by atoms with Gasteiger partial charge in [0.15, 0.2) is 0 Å². The van der Waals surface area contributed by atoms with E-state index in [0.717, 1.165) is 0 Å². The van der Waals surface area contributed by atoms with Crippen molar-refractivity contribution in [2.24, 2.45) is 0 Å². The predicted octanol–water partition coefficient (Wildman–Crippen LogP) is 0.227. The Bertz CT molecular complexity index is 342. The Morgan fingerprint density at radius 2 is 1.76 bits per heavy atom. The number of imide groups is 1. The van der Waals surface area contributed by atoms with E-state index in [2.05, 4.69) is 5.32 Å². The van der Waals surface area contributed by atoms with Gasteiger partial charge < -0.3 is 13.3 Å². The smallest absolute Gasteiger partial charge is 0.376 e. The van der Waals surface area contributed by atoms with Crippen LogP contribution in [0.4, 0.5) is 0 Å². The van der Waals surface area contributed by atoms with Gasteiger partial charge in [0.2, 0.25) is 0 Å². The van der Waals surface area contributed by atoms with Crippen LogP contribution in [0, 0.1) is 0 Å². The normalized spacial score (nSPS) is 18.0. The third kappa shape index (κ3) is 2.47. The van der Waals surface area contributed by atoms with Gasteiger partial charge in [-0.3, -0.25) is 14.9 Å². The van der Waals surface area contributed by atoms with Crippen molar-refractivity contribution in [2.45, 2.75) is 18.9 Å². The van der Waals surface area contributed by atoms with Crippen LogP contribution in [0.25, 0.3) is 0 Å². The van der Waals surface area contributed by atoms with Crippen molar-refractivity contribution >= 4 is 20.6 Å². The molecule has 96 valence electrons. The van der Waals surface area contributed by atoms with E-state index >= 15 is 0 Å². The molecule has 0 fully saturated rings. The molecule has 17 heavy (non-hydrogen) atoms. The Hall–Kier alpha value is -1.02. The molecule has 0 saturated carbocycles. The molecule has 2 amide bonds. The average Bonchev–Trinajstić information content (AvgIpc) is 2.65. The first-order chi connectivity index (χ1) is 8.04. The van der Waals surface area contributed by atoms with Crippen LogP contribution >= 0.6 is 0 Å². The molecular weight excluding hydrogens is 242 g/mol. The second-order valence-electron chi connectivity index (χ2n) is 3.59. The minimum atomic E-state index is -2.96. The molecule has 1 aliphatic heterocycles. The van der Waals surface area contributed by atoms with Crippen LogP contribution in [-0.4, -0.2) is 41.9 Å². The second-order valence-corrected chi connectivity index (χ2v) is 6.72. The highest BCUT2D eigenvalue weighted by molar-refractivity contribution is 6.64. The number of rotatable bonds is 6. The monoisotopic (exact) mass is 259 g/mol. The summed E-state index contributed by atoms with van der Waals surface area (Å²) in [5.41, 5.74) is 0.0312. The molecule has 0 spiro atoms. The lowest BCUT2D eigenvalue weighted by molar-refractivity contribution is -0.124. The maximum absolute atomic E-state index is 11.6. The summed E-state index contributed by atoms with van der Waals surface area (Å²) in [6, 6.07) is 0. The van der Waals surface area contributed by atoms with Gasteiger partial charge in [-0.2, -0.15) is 0 Å². The number of carbonyl (C=O) groups excluding carboxylic acids is 2. The summed E-state index contributed by atoms with van der Waals surface area (Å²) in [7, 11) is 1.49. The molecule has 1 rings (SSSR count). The zero-order valence-corrected chi connectivity index (χ0v) is 11.4. The fraction of sp³-hybridized carbons (Fsp3) is 0.600. The average molecular weight is 259 g/mol. The standard InChI is InChI=1S/C10H17NO5Si/c1-5-8(17(14-2,15-3)16-4)7-6-9(12)11-10(7)13/h6,8H,5H2,1-4H3,(H,11,12,13). The molecule has 0 aliphatic carbocycles. The third-order valence-corrected chi connectivity index (χ3v) is 6.13.